The molecule has 0 aromatic carbocycles. The predicted molar refractivity (Wildman–Crippen MR) is 27.8 cm³/mol. The summed E-state index contributed by atoms with van der Waals surface area (Å²) in [4.78, 5) is 20.2. The molecule has 56 valence electrons. The van der Waals surface area contributed by atoms with E-state index in [9.17, 15) is 9.59 Å². The highest BCUT2D eigenvalue weighted by Crippen LogP contribution is 2.04. The lowest BCUT2D eigenvalue weighted by Gasteiger charge is -2.02. The van der Waals surface area contributed by atoms with Crippen LogP contribution in [0, 0.1) is 0 Å². The zero-order valence-electron chi connectivity index (χ0n) is 5.11. The first-order valence-corrected chi connectivity index (χ1v) is 2.72. The van der Waals surface area contributed by atoms with Gasteiger partial charge in [-0.1, -0.05) is 0 Å². The number of ether oxygens (including phenoxy) is 3. The van der Waals surface area contributed by atoms with Crippen molar-refractivity contribution in [2.75, 3.05) is 13.2 Å². The Kier molecular flexibility index (Phi) is 2.35. The monoisotopic (exact) mass is 146 g/mol. The number of carbonyl (C=O) groups is 2. The molecule has 1 aliphatic rings. The molecule has 5 heteroatoms. The smallest absolute Gasteiger partial charge is 0.370 e. The minimum absolute atomic E-state index is 0.0490. The molecule has 0 aromatic heterocycles. The molecule has 0 amide bonds. The highest BCUT2D eigenvalue weighted by atomic mass is 16.7. The largest absolute Gasteiger partial charge is 0.392 e. The molecule has 1 aliphatic heterocycles. The summed E-state index contributed by atoms with van der Waals surface area (Å²) in [6.45, 7) is 0.768. The Labute approximate surface area is 56.9 Å². The topological polar surface area (TPSA) is 61.8 Å². The zero-order chi connectivity index (χ0) is 7.40. The van der Waals surface area contributed by atoms with Gasteiger partial charge in [0.15, 0.2) is 0 Å². The van der Waals surface area contributed by atoms with E-state index in [4.69, 9.17) is 9.47 Å². The Hall–Kier alpha value is -0.940. The lowest BCUT2D eigenvalue weighted by molar-refractivity contribution is -0.173. The van der Waals surface area contributed by atoms with E-state index in [1.807, 2.05) is 0 Å². The molecular formula is C5H6O5. The normalized spacial score (nSPS) is 18.8. The van der Waals surface area contributed by atoms with Crippen LogP contribution in [0.5, 0.6) is 0 Å². The van der Waals surface area contributed by atoms with Gasteiger partial charge in [-0.15, -0.1) is 0 Å². The van der Waals surface area contributed by atoms with Crippen LogP contribution in [0.1, 0.15) is 0 Å². The number of hydrogen-bond donors (Lipinski definition) is 0. The van der Waals surface area contributed by atoms with Gasteiger partial charge in [-0.25, -0.2) is 4.79 Å². The molecule has 0 spiro atoms. The zero-order valence-corrected chi connectivity index (χ0v) is 5.11. The number of carbonyl (C=O) groups excluding carboxylic acids is 2. The molecule has 1 rings (SSSR count). The van der Waals surface area contributed by atoms with Crippen molar-refractivity contribution in [2.45, 2.75) is 6.29 Å². The van der Waals surface area contributed by atoms with Crippen LogP contribution in [0.2, 0.25) is 0 Å². The second kappa shape index (κ2) is 3.28. The number of hydrogen-bond acceptors (Lipinski definition) is 5. The van der Waals surface area contributed by atoms with Crippen molar-refractivity contribution in [3.8, 4) is 0 Å². The van der Waals surface area contributed by atoms with Crippen LogP contribution in [0.25, 0.3) is 0 Å². The third-order valence-electron chi connectivity index (χ3n) is 0.979. The average Bonchev–Trinajstić information content (AvgIpc) is 2.38. The van der Waals surface area contributed by atoms with Crippen LogP contribution in [-0.2, 0) is 23.8 Å². The van der Waals surface area contributed by atoms with Gasteiger partial charge in [0.2, 0.25) is 0 Å². The van der Waals surface area contributed by atoms with E-state index >= 15 is 0 Å². The summed E-state index contributed by atoms with van der Waals surface area (Å²) in [7, 11) is 0. The van der Waals surface area contributed by atoms with Gasteiger partial charge in [0, 0.05) is 0 Å². The van der Waals surface area contributed by atoms with Crippen molar-refractivity contribution in [1.82, 2.24) is 0 Å². The maximum atomic E-state index is 10.5. The Morgan fingerprint density at radius 1 is 1.50 bits per heavy atom. The highest BCUT2D eigenvalue weighted by molar-refractivity contribution is 5.79. The average molecular weight is 146 g/mol. The Morgan fingerprint density at radius 3 is 2.60 bits per heavy atom. The Balaban J connectivity index is 2.32. The van der Waals surface area contributed by atoms with E-state index in [-0.39, 0.29) is 6.47 Å². The number of rotatable bonds is 2. The SMILES string of the molecule is O=COC(=O)C1OCCO1. The van der Waals surface area contributed by atoms with Crippen molar-refractivity contribution < 1.29 is 23.8 Å². The minimum Gasteiger partial charge on any atom is -0.392 e. The molecule has 0 aromatic rings. The summed E-state index contributed by atoms with van der Waals surface area (Å²) in [6, 6.07) is 0. The fourth-order valence-electron chi connectivity index (χ4n) is 0.597. The summed E-state index contributed by atoms with van der Waals surface area (Å²) in [6.07, 6.45) is -1.01. The second-order valence-electron chi connectivity index (χ2n) is 1.61. The molecule has 0 bridgehead atoms. The molecule has 0 unspecified atom stereocenters. The molecule has 1 saturated heterocycles. The molecular weight excluding hydrogens is 140 g/mol. The minimum atomic E-state index is -1.01. The first-order valence-electron chi connectivity index (χ1n) is 2.72. The maximum absolute atomic E-state index is 10.5. The van der Waals surface area contributed by atoms with Gasteiger partial charge < -0.3 is 14.2 Å². The van der Waals surface area contributed by atoms with Crippen molar-refractivity contribution in [3.05, 3.63) is 0 Å². The van der Waals surface area contributed by atoms with Gasteiger partial charge >= 0.3 is 12.4 Å². The molecule has 10 heavy (non-hydrogen) atoms. The van der Waals surface area contributed by atoms with Crippen molar-refractivity contribution in [3.63, 3.8) is 0 Å². The van der Waals surface area contributed by atoms with Gasteiger partial charge in [-0.2, -0.15) is 0 Å². The maximum Gasteiger partial charge on any atom is 0.370 e. The second-order valence-corrected chi connectivity index (χ2v) is 1.61. The van der Waals surface area contributed by atoms with E-state index in [2.05, 4.69) is 4.74 Å². The Morgan fingerprint density at radius 2 is 2.10 bits per heavy atom. The summed E-state index contributed by atoms with van der Waals surface area (Å²) >= 11 is 0. The van der Waals surface area contributed by atoms with E-state index in [1.54, 1.807) is 0 Å². The molecule has 5 nitrogen and oxygen atoms in total. The van der Waals surface area contributed by atoms with Gasteiger partial charge in [-0.3, -0.25) is 4.79 Å². The molecule has 0 saturated carbocycles. The van der Waals surface area contributed by atoms with Gasteiger partial charge in [0.1, 0.15) is 0 Å². The first-order chi connectivity index (χ1) is 4.84. The molecule has 0 N–H and O–H groups in total. The van der Waals surface area contributed by atoms with Crippen LogP contribution < -0.4 is 0 Å². The van der Waals surface area contributed by atoms with E-state index < -0.39 is 12.3 Å². The van der Waals surface area contributed by atoms with Crippen LogP contribution in [0.4, 0.5) is 0 Å². The highest BCUT2D eigenvalue weighted by Gasteiger charge is 2.25. The summed E-state index contributed by atoms with van der Waals surface area (Å²) in [5.74, 6) is -0.799. The van der Waals surface area contributed by atoms with Gasteiger partial charge in [0.25, 0.3) is 6.29 Å². The number of esters is 1. The fourth-order valence-corrected chi connectivity index (χ4v) is 0.597. The molecule has 1 fully saturated rings. The lowest BCUT2D eigenvalue weighted by atomic mass is 10.7. The van der Waals surface area contributed by atoms with Crippen molar-refractivity contribution in [2.24, 2.45) is 0 Å². The summed E-state index contributed by atoms with van der Waals surface area (Å²) in [5.41, 5.74) is 0. The molecule has 1 heterocycles. The van der Waals surface area contributed by atoms with Crippen LogP contribution in [-0.4, -0.2) is 31.9 Å². The molecule has 0 radical (unpaired) electrons. The standard InChI is InChI=1S/C5H6O5/c6-3-10-4(7)5-8-1-2-9-5/h3,5H,1-2H2. The third-order valence-corrected chi connectivity index (χ3v) is 0.979. The first kappa shape index (κ1) is 7.17. The van der Waals surface area contributed by atoms with Crippen molar-refractivity contribution in [1.29, 1.82) is 0 Å². The predicted octanol–water partition coefficient (Wildman–Crippen LogP) is -0.941. The van der Waals surface area contributed by atoms with E-state index in [1.165, 1.54) is 0 Å². The Bertz CT molecular complexity index is 137. The van der Waals surface area contributed by atoms with Gasteiger partial charge in [0.05, 0.1) is 13.2 Å². The van der Waals surface area contributed by atoms with E-state index in [0.29, 0.717) is 13.2 Å². The van der Waals surface area contributed by atoms with Crippen LogP contribution in [0.15, 0.2) is 0 Å². The van der Waals surface area contributed by atoms with Crippen LogP contribution >= 0.6 is 0 Å². The summed E-state index contributed by atoms with van der Waals surface area (Å²) < 4.78 is 13.4. The van der Waals surface area contributed by atoms with Crippen LogP contribution in [0.3, 0.4) is 0 Å². The fraction of sp³-hybridized carbons (Fsp3) is 0.600. The summed E-state index contributed by atoms with van der Waals surface area (Å²) in [5, 5.41) is 0. The quantitative estimate of drug-likeness (QED) is 0.286. The third kappa shape index (κ3) is 1.52. The lowest BCUT2D eigenvalue weighted by Crippen LogP contribution is -2.23. The molecule has 0 aliphatic carbocycles. The van der Waals surface area contributed by atoms with Gasteiger partial charge in [-0.05, 0) is 0 Å². The van der Waals surface area contributed by atoms with E-state index in [0.717, 1.165) is 0 Å². The molecule has 0 atom stereocenters. The van der Waals surface area contributed by atoms with Crippen molar-refractivity contribution >= 4 is 12.4 Å².